The maximum Gasteiger partial charge on any atom is 0.299 e. The van der Waals surface area contributed by atoms with Crippen LogP contribution in [-0.4, -0.2) is 18.2 Å². The summed E-state index contributed by atoms with van der Waals surface area (Å²) in [6.45, 7) is 0.459. The van der Waals surface area contributed by atoms with E-state index in [1.807, 2.05) is 6.07 Å². The standard InChI is InChI=1S/C14H11BrN2O2/c15-10-3-1-2-9-11(10)17(13(19)12(9)18)8-14(4-5-14)6-7-16/h1-3H,4-6,8H2. The quantitative estimate of drug-likeness (QED) is 0.805. The third kappa shape index (κ3) is 1.87. The number of carbonyl (C=O) groups is 2. The fraction of sp³-hybridized carbons (Fsp3) is 0.357. The first kappa shape index (κ1) is 12.4. The number of hydrogen-bond donors (Lipinski definition) is 0. The number of nitriles is 1. The van der Waals surface area contributed by atoms with Gasteiger partial charge in [0.05, 0.1) is 17.3 Å². The van der Waals surface area contributed by atoms with E-state index >= 15 is 0 Å². The molecule has 2 aliphatic rings. The third-order valence-corrected chi connectivity index (χ3v) is 4.49. The number of ketones is 1. The lowest BCUT2D eigenvalue weighted by atomic mass is 10.0. The number of amides is 1. The Morgan fingerprint density at radius 1 is 1.37 bits per heavy atom. The van der Waals surface area contributed by atoms with E-state index in [4.69, 9.17) is 5.26 Å². The zero-order valence-electron chi connectivity index (χ0n) is 10.1. The Morgan fingerprint density at radius 2 is 2.11 bits per heavy atom. The molecule has 0 N–H and O–H groups in total. The van der Waals surface area contributed by atoms with Crippen LogP contribution in [0.5, 0.6) is 0 Å². The van der Waals surface area contributed by atoms with Crippen LogP contribution in [0.2, 0.25) is 0 Å². The molecule has 4 nitrogen and oxygen atoms in total. The van der Waals surface area contributed by atoms with Crippen LogP contribution in [0.1, 0.15) is 29.6 Å². The Hall–Kier alpha value is -1.67. The number of carbonyl (C=O) groups excluding carboxylic acids is 2. The fourth-order valence-corrected chi connectivity index (χ4v) is 3.11. The molecule has 0 radical (unpaired) electrons. The van der Waals surface area contributed by atoms with Gasteiger partial charge in [-0.15, -0.1) is 0 Å². The van der Waals surface area contributed by atoms with Gasteiger partial charge in [0.15, 0.2) is 0 Å². The van der Waals surface area contributed by atoms with E-state index in [9.17, 15) is 9.59 Å². The van der Waals surface area contributed by atoms with Crippen molar-refractivity contribution >= 4 is 33.3 Å². The first-order chi connectivity index (χ1) is 9.08. The highest BCUT2D eigenvalue weighted by atomic mass is 79.9. The second kappa shape index (κ2) is 4.17. The van der Waals surface area contributed by atoms with E-state index in [-0.39, 0.29) is 5.41 Å². The van der Waals surface area contributed by atoms with Crippen molar-refractivity contribution in [3.63, 3.8) is 0 Å². The van der Waals surface area contributed by atoms with Gasteiger partial charge in [0.25, 0.3) is 11.7 Å². The molecule has 5 heteroatoms. The lowest BCUT2D eigenvalue weighted by Gasteiger charge is -2.22. The highest BCUT2D eigenvalue weighted by Crippen LogP contribution is 2.51. The number of fused-ring (bicyclic) bond motifs is 1. The van der Waals surface area contributed by atoms with Gasteiger partial charge >= 0.3 is 0 Å². The predicted molar refractivity (Wildman–Crippen MR) is 72.7 cm³/mol. The van der Waals surface area contributed by atoms with Crippen molar-refractivity contribution < 1.29 is 9.59 Å². The van der Waals surface area contributed by atoms with Crippen LogP contribution in [0, 0.1) is 16.7 Å². The summed E-state index contributed by atoms with van der Waals surface area (Å²) in [5.74, 6) is -0.935. The summed E-state index contributed by atoms with van der Waals surface area (Å²) in [6, 6.07) is 7.42. The monoisotopic (exact) mass is 318 g/mol. The minimum atomic E-state index is -0.480. The Balaban J connectivity index is 1.98. The van der Waals surface area contributed by atoms with Gasteiger partial charge in [-0.05, 0) is 40.9 Å². The second-order valence-corrected chi connectivity index (χ2v) is 6.05. The van der Waals surface area contributed by atoms with Crippen LogP contribution in [0.3, 0.4) is 0 Å². The molecule has 1 saturated carbocycles. The van der Waals surface area contributed by atoms with Gasteiger partial charge in [-0.3, -0.25) is 9.59 Å². The lowest BCUT2D eigenvalue weighted by molar-refractivity contribution is -0.114. The molecule has 0 saturated heterocycles. The van der Waals surface area contributed by atoms with Gasteiger partial charge in [-0.25, -0.2) is 0 Å². The molecule has 1 aliphatic carbocycles. The van der Waals surface area contributed by atoms with Crippen LogP contribution in [0.25, 0.3) is 0 Å². The second-order valence-electron chi connectivity index (χ2n) is 5.19. The first-order valence-electron chi connectivity index (χ1n) is 6.10. The molecule has 1 aromatic carbocycles. The number of nitrogens with zero attached hydrogens (tertiary/aromatic N) is 2. The molecule has 1 heterocycles. The summed E-state index contributed by atoms with van der Waals surface area (Å²) in [7, 11) is 0. The Labute approximate surface area is 119 Å². The molecular weight excluding hydrogens is 308 g/mol. The van der Waals surface area contributed by atoms with Crippen molar-refractivity contribution in [2.24, 2.45) is 5.41 Å². The normalized spacial score (nSPS) is 19.3. The largest absolute Gasteiger partial charge is 0.303 e. The zero-order valence-corrected chi connectivity index (χ0v) is 11.7. The van der Waals surface area contributed by atoms with Crippen molar-refractivity contribution in [3.05, 3.63) is 28.2 Å². The van der Waals surface area contributed by atoms with E-state index in [1.165, 1.54) is 4.90 Å². The summed E-state index contributed by atoms with van der Waals surface area (Å²) in [5, 5.41) is 8.85. The SMILES string of the molecule is N#CCC1(CN2C(=O)C(=O)c3cccc(Br)c32)CC1. The molecule has 0 bridgehead atoms. The van der Waals surface area contributed by atoms with Crippen molar-refractivity contribution in [2.45, 2.75) is 19.3 Å². The maximum absolute atomic E-state index is 12.1. The first-order valence-corrected chi connectivity index (χ1v) is 6.89. The molecule has 1 fully saturated rings. The molecular formula is C14H11BrN2O2. The van der Waals surface area contributed by atoms with E-state index in [2.05, 4.69) is 22.0 Å². The van der Waals surface area contributed by atoms with Crippen molar-refractivity contribution in [3.8, 4) is 6.07 Å². The van der Waals surface area contributed by atoms with E-state index < -0.39 is 11.7 Å². The number of rotatable bonds is 3. The Bertz CT molecular complexity index is 629. The van der Waals surface area contributed by atoms with Crippen LogP contribution < -0.4 is 4.90 Å². The summed E-state index contributed by atoms with van der Waals surface area (Å²) in [6.07, 6.45) is 2.32. The summed E-state index contributed by atoms with van der Waals surface area (Å²) >= 11 is 3.40. The number of Topliss-reactive ketones (excluding diaryl/α,β-unsaturated/α-hetero) is 1. The number of halogens is 1. The van der Waals surface area contributed by atoms with Crippen LogP contribution >= 0.6 is 15.9 Å². The van der Waals surface area contributed by atoms with Gasteiger partial charge in [-0.2, -0.15) is 5.26 Å². The average molecular weight is 319 g/mol. The lowest BCUT2D eigenvalue weighted by Crippen LogP contribution is -2.35. The summed E-state index contributed by atoms with van der Waals surface area (Å²) < 4.78 is 0.747. The van der Waals surface area contributed by atoms with Crippen LogP contribution in [0.4, 0.5) is 5.69 Å². The molecule has 0 aromatic heterocycles. The molecule has 0 unspecified atom stereocenters. The summed E-state index contributed by atoms with van der Waals surface area (Å²) in [4.78, 5) is 25.6. The molecule has 19 heavy (non-hydrogen) atoms. The maximum atomic E-state index is 12.1. The molecule has 0 spiro atoms. The van der Waals surface area contributed by atoms with Crippen molar-refractivity contribution in [2.75, 3.05) is 11.4 Å². The number of hydrogen-bond acceptors (Lipinski definition) is 3. The number of anilines is 1. The van der Waals surface area contributed by atoms with Gasteiger partial charge in [-0.1, -0.05) is 6.07 Å². The topological polar surface area (TPSA) is 61.2 Å². The van der Waals surface area contributed by atoms with Crippen LogP contribution in [-0.2, 0) is 4.79 Å². The minimum Gasteiger partial charge on any atom is -0.303 e. The molecule has 3 rings (SSSR count). The van der Waals surface area contributed by atoms with Crippen LogP contribution in [0.15, 0.2) is 22.7 Å². The molecule has 96 valence electrons. The fourth-order valence-electron chi connectivity index (χ4n) is 2.53. The zero-order chi connectivity index (χ0) is 13.6. The van der Waals surface area contributed by atoms with E-state index in [0.717, 1.165) is 17.3 Å². The Morgan fingerprint density at radius 3 is 2.74 bits per heavy atom. The smallest absolute Gasteiger partial charge is 0.299 e. The molecule has 1 amide bonds. The minimum absolute atomic E-state index is 0.110. The Kier molecular flexibility index (Phi) is 2.72. The van der Waals surface area contributed by atoms with E-state index in [0.29, 0.717) is 24.2 Å². The predicted octanol–water partition coefficient (Wildman–Crippen LogP) is 2.67. The number of para-hydroxylation sites is 1. The number of benzene rings is 1. The third-order valence-electron chi connectivity index (χ3n) is 3.85. The highest BCUT2D eigenvalue weighted by molar-refractivity contribution is 9.10. The van der Waals surface area contributed by atoms with Crippen molar-refractivity contribution in [1.82, 2.24) is 0 Å². The summed E-state index contributed by atoms with van der Waals surface area (Å²) in [5.41, 5.74) is 0.996. The average Bonchev–Trinajstić information content (AvgIpc) is 3.10. The molecule has 1 aromatic rings. The van der Waals surface area contributed by atoms with Gasteiger partial charge in [0.2, 0.25) is 0 Å². The van der Waals surface area contributed by atoms with Gasteiger partial charge in [0, 0.05) is 22.9 Å². The molecule has 0 atom stereocenters. The van der Waals surface area contributed by atoms with E-state index in [1.54, 1.807) is 12.1 Å². The molecule has 1 aliphatic heterocycles. The van der Waals surface area contributed by atoms with Crippen molar-refractivity contribution in [1.29, 1.82) is 5.26 Å². The van der Waals surface area contributed by atoms with Gasteiger partial charge < -0.3 is 4.90 Å². The highest BCUT2D eigenvalue weighted by Gasteiger charge is 2.48. The van der Waals surface area contributed by atoms with Gasteiger partial charge in [0.1, 0.15) is 0 Å².